The van der Waals surface area contributed by atoms with Gasteiger partial charge in [0.25, 0.3) is 0 Å². The van der Waals surface area contributed by atoms with Crippen LogP contribution in [0.4, 0.5) is 4.39 Å². The van der Waals surface area contributed by atoms with Gasteiger partial charge in [-0.25, -0.2) is 4.39 Å². The molecule has 2 nitrogen and oxygen atoms in total. The van der Waals surface area contributed by atoms with Crippen LogP contribution in [0.1, 0.15) is 5.56 Å². The number of benzene rings is 1. The van der Waals surface area contributed by atoms with Crippen molar-refractivity contribution in [3.8, 4) is 17.6 Å². The molecule has 1 N–H and O–H groups in total. The molecule has 0 spiro atoms. The van der Waals surface area contributed by atoms with Crippen LogP contribution < -0.4 is 4.74 Å². The highest BCUT2D eigenvalue weighted by atomic mass is 19.1. The third-order valence-corrected chi connectivity index (χ3v) is 1.42. The van der Waals surface area contributed by atoms with E-state index in [1.165, 1.54) is 19.2 Å². The fourth-order valence-electron chi connectivity index (χ4n) is 0.894. The average molecular weight is 180 g/mol. The molecule has 1 aromatic rings. The van der Waals surface area contributed by atoms with Crippen LogP contribution in [-0.2, 0) is 0 Å². The fraction of sp³-hybridized carbons (Fsp3) is 0.200. The fourth-order valence-corrected chi connectivity index (χ4v) is 0.894. The molecule has 0 saturated heterocycles. The van der Waals surface area contributed by atoms with Crippen LogP contribution >= 0.6 is 0 Å². The smallest absolute Gasteiger partial charge is 0.128 e. The van der Waals surface area contributed by atoms with Crippen molar-refractivity contribution in [1.82, 2.24) is 0 Å². The highest BCUT2D eigenvalue weighted by Gasteiger charge is 1.97. The van der Waals surface area contributed by atoms with Gasteiger partial charge >= 0.3 is 0 Å². The Morgan fingerprint density at radius 2 is 2.23 bits per heavy atom. The summed E-state index contributed by atoms with van der Waals surface area (Å²) in [6, 6.07) is 4.15. The van der Waals surface area contributed by atoms with E-state index in [4.69, 9.17) is 9.84 Å². The van der Waals surface area contributed by atoms with Gasteiger partial charge in [-0.15, -0.1) is 0 Å². The maximum absolute atomic E-state index is 12.8. The summed E-state index contributed by atoms with van der Waals surface area (Å²) in [4.78, 5) is 0. The Bertz CT molecular complexity index is 350. The van der Waals surface area contributed by atoms with E-state index in [9.17, 15) is 4.39 Å². The van der Waals surface area contributed by atoms with Crippen LogP contribution in [0, 0.1) is 17.7 Å². The van der Waals surface area contributed by atoms with E-state index in [-0.39, 0.29) is 6.61 Å². The first-order valence-corrected chi connectivity index (χ1v) is 3.70. The normalized spacial score (nSPS) is 8.85. The molecule has 13 heavy (non-hydrogen) atoms. The Morgan fingerprint density at radius 3 is 2.85 bits per heavy atom. The highest BCUT2D eigenvalue weighted by molar-refractivity contribution is 5.40. The summed E-state index contributed by atoms with van der Waals surface area (Å²) in [5.41, 5.74) is 0.492. The van der Waals surface area contributed by atoms with Crippen LogP contribution in [0.3, 0.4) is 0 Å². The van der Waals surface area contributed by atoms with Crippen LogP contribution in [-0.4, -0.2) is 18.8 Å². The molecule has 0 aliphatic carbocycles. The molecule has 1 rings (SSSR count). The molecule has 0 bridgehead atoms. The van der Waals surface area contributed by atoms with Crippen molar-refractivity contribution in [3.05, 3.63) is 29.6 Å². The van der Waals surface area contributed by atoms with Crippen LogP contribution in [0.5, 0.6) is 5.75 Å². The van der Waals surface area contributed by atoms with Gasteiger partial charge in [-0.2, -0.15) is 0 Å². The number of aliphatic hydroxyl groups is 1. The van der Waals surface area contributed by atoms with Gasteiger partial charge in [0, 0.05) is 11.6 Å². The molecule has 0 heterocycles. The summed E-state index contributed by atoms with van der Waals surface area (Å²) < 4.78 is 17.7. The average Bonchev–Trinajstić information content (AvgIpc) is 2.14. The zero-order valence-corrected chi connectivity index (χ0v) is 7.17. The molecule has 68 valence electrons. The quantitative estimate of drug-likeness (QED) is 0.657. The summed E-state index contributed by atoms with van der Waals surface area (Å²) in [7, 11) is 1.46. The van der Waals surface area contributed by atoms with Gasteiger partial charge in [0.05, 0.1) is 7.11 Å². The van der Waals surface area contributed by atoms with Crippen molar-refractivity contribution in [3.63, 3.8) is 0 Å². The summed E-state index contributed by atoms with van der Waals surface area (Å²) in [6.07, 6.45) is 0. The second-order valence-electron chi connectivity index (χ2n) is 2.34. The lowest BCUT2D eigenvalue weighted by atomic mass is 10.2. The lowest BCUT2D eigenvalue weighted by Crippen LogP contribution is -1.86. The van der Waals surface area contributed by atoms with Crippen LogP contribution in [0.2, 0.25) is 0 Å². The second-order valence-corrected chi connectivity index (χ2v) is 2.34. The zero-order chi connectivity index (χ0) is 9.68. The Kier molecular flexibility index (Phi) is 3.30. The molecule has 0 aliphatic heterocycles. The summed E-state index contributed by atoms with van der Waals surface area (Å²) in [6.45, 7) is -0.237. The summed E-state index contributed by atoms with van der Waals surface area (Å²) in [5.74, 6) is 5.03. The molecular formula is C10H9FO2. The Morgan fingerprint density at radius 1 is 1.46 bits per heavy atom. The third-order valence-electron chi connectivity index (χ3n) is 1.42. The van der Waals surface area contributed by atoms with Crippen molar-refractivity contribution in [1.29, 1.82) is 0 Å². The summed E-state index contributed by atoms with van der Waals surface area (Å²) in [5, 5.41) is 8.42. The van der Waals surface area contributed by atoms with Crippen LogP contribution in [0.15, 0.2) is 18.2 Å². The van der Waals surface area contributed by atoms with E-state index in [1.807, 2.05) is 0 Å². The van der Waals surface area contributed by atoms with Gasteiger partial charge in [-0.3, -0.25) is 0 Å². The van der Waals surface area contributed by atoms with Crippen molar-refractivity contribution >= 4 is 0 Å². The van der Waals surface area contributed by atoms with Crippen molar-refractivity contribution in [2.24, 2.45) is 0 Å². The third kappa shape index (κ3) is 2.77. The van der Waals surface area contributed by atoms with E-state index in [2.05, 4.69) is 11.8 Å². The van der Waals surface area contributed by atoms with E-state index in [0.29, 0.717) is 11.3 Å². The van der Waals surface area contributed by atoms with Gasteiger partial charge in [0.1, 0.15) is 18.2 Å². The molecule has 0 aromatic heterocycles. The number of halogens is 1. The first kappa shape index (κ1) is 9.56. The summed E-state index contributed by atoms with van der Waals surface area (Å²) >= 11 is 0. The molecule has 0 saturated carbocycles. The number of aliphatic hydroxyl groups excluding tert-OH is 1. The van der Waals surface area contributed by atoms with E-state index in [0.717, 1.165) is 0 Å². The van der Waals surface area contributed by atoms with Gasteiger partial charge in [0.2, 0.25) is 0 Å². The van der Waals surface area contributed by atoms with Crippen molar-refractivity contribution in [2.45, 2.75) is 0 Å². The van der Waals surface area contributed by atoms with E-state index >= 15 is 0 Å². The van der Waals surface area contributed by atoms with Crippen molar-refractivity contribution < 1.29 is 14.2 Å². The van der Waals surface area contributed by atoms with Gasteiger partial charge < -0.3 is 9.84 Å². The Hall–Kier alpha value is -1.53. The van der Waals surface area contributed by atoms with Gasteiger partial charge in [-0.1, -0.05) is 11.8 Å². The lowest BCUT2D eigenvalue weighted by molar-refractivity contribution is 0.350. The number of ether oxygens (including phenoxy) is 1. The molecule has 3 heteroatoms. The topological polar surface area (TPSA) is 29.5 Å². The minimum Gasteiger partial charge on any atom is -0.497 e. The molecule has 0 unspecified atom stereocenters. The Balaban J connectivity index is 3.01. The minimum atomic E-state index is -0.401. The van der Waals surface area contributed by atoms with Crippen molar-refractivity contribution in [2.75, 3.05) is 13.7 Å². The Labute approximate surface area is 76.0 Å². The molecule has 0 radical (unpaired) electrons. The minimum absolute atomic E-state index is 0.237. The number of rotatable bonds is 1. The standard InChI is InChI=1S/C10H9FO2/c1-13-10-6-8(3-2-4-12)5-9(11)7-10/h5-7,12H,4H2,1H3. The van der Waals surface area contributed by atoms with Crippen LogP contribution in [0.25, 0.3) is 0 Å². The predicted molar refractivity (Wildman–Crippen MR) is 46.9 cm³/mol. The SMILES string of the molecule is COc1cc(F)cc(C#CCO)c1. The number of hydrogen-bond donors (Lipinski definition) is 1. The van der Waals surface area contributed by atoms with Gasteiger partial charge in [0.15, 0.2) is 0 Å². The monoisotopic (exact) mass is 180 g/mol. The maximum atomic E-state index is 12.8. The molecule has 1 aromatic carbocycles. The molecule has 0 atom stereocenters. The largest absolute Gasteiger partial charge is 0.497 e. The van der Waals surface area contributed by atoms with E-state index in [1.54, 1.807) is 6.07 Å². The number of methoxy groups -OCH3 is 1. The van der Waals surface area contributed by atoms with E-state index < -0.39 is 5.82 Å². The van der Waals surface area contributed by atoms with Gasteiger partial charge in [-0.05, 0) is 12.1 Å². The number of hydrogen-bond acceptors (Lipinski definition) is 2. The molecule has 0 fully saturated rings. The molecule has 0 amide bonds. The highest BCUT2D eigenvalue weighted by Crippen LogP contribution is 2.14. The zero-order valence-electron chi connectivity index (χ0n) is 7.17. The molecular weight excluding hydrogens is 171 g/mol. The predicted octanol–water partition coefficient (Wildman–Crippen LogP) is 1.18. The first-order valence-electron chi connectivity index (χ1n) is 3.70. The first-order chi connectivity index (χ1) is 6.26. The molecule has 0 aliphatic rings. The second kappa shape index (κ2) is 4.48. The maximum Gasteiger partial charge on any atom is 0.128 e. The lowest BCUT2D eigenvalue weighted by Gasteiger charge is -1.99.